The van der Waals surface area contributed by atoms with Crippen molar-refractivity contribution in [3.05, 3.63) is 84.3 Å². The molecule has 214 valence electrons. The van der Waals surface area contributed by atoms with Crippen molar-refractivity contribution in [2.24, 2.45) is 0 Å². The van der Waals surface area contributed by atoms with Crippen molar-refractivity contribution in [2.45, 2.75) is 12.5 Å². The summed E-state index contributed by atoms with van der Waals surface area (Å²) in [6.07, 6.45) is 4.42. The Morgan fingerprint density at radius 3 is 2.50 bits per heavy atom. The molecule has 42 heavy (non-hydrogen) atoms. The summed E-state index contributed by atoms with van der Waals surface area (Å²) < 4.78 is 62.4. The number of hydrogen-bond donors (Lipinski definition) is 2. The van der Waals surface area contributed by atoms with Gasteiger partial charge in [0.15, 0.2) is 24.0 Å². The van der Waals surface area contributed by atoms with Crippen LogP contribution in [-0.2, 0) is 11.3 Å². The number of benzene rings is 2. The average Bonchev–Trinajstić information content (AvgIpc) is 3.31. The van der Waals surface area contributed by atoms with Crippen molar-refractivity contribution in [1.82, 2.24) is 29.6 Å². The number of phenols is 1. The Hall–Kier alpha value is -5.27. The summed E-state index contributed by atoms with van der Waals surface area (Å²) in [5.74, 6) is -5.53. The third kappa shape index (κ3) is 5.38. The predicted octanol–water partition coefficient (Wildman–Crippen LogP) is 4.52. The Kier molecular flexibility index (Phi) is 6.80. The van der Waals surface area contributed by atoms with Gasteiger partial charge in [-0.15, -0.1) is 0 Å². The summed E-state index contributed by atoms with van der Waals surface area (Å²) >= 11 is 0. The highest BCUT2D eigenvalue weighted by molar-refractivity contribution is 5.92. The van der Waals surface area contributed by atoms with Crippen molar-refractivity contribution in [2.75, 3.05) is 25.0 Å². The number of nitrogens with one attached hydrogen (secondary N) is 1. The Balaban J connectivity index is 1.35. The number of halogens is 4. The van der Waals surface area contributed by atoms with Crippen LogP contribution in [0.15, 0.2) is 67.1 Å². The van der Waals surface area contributed by atoms with Gasteiger partial charge in [-0.25, -0.2) is 27.5 Å². The highest BCUT2D eigenvalue weighted by atomic mass is 19.3. The monoisotopic (exact) mass is 579 g/mol. The number of rotatable bonds is 8. The summed E-state index contributed by atoms with van der Waals surface area (Å²) in [5.41, 5.74) is 1.14. The van der Waals surface area contributed by atoms with Gasteiger partial charge in [-0.1, -0.05) is 18.2 Å². The van der Waals surface area contributed by atoms with Crippen LogP contribution in [0.3, 0.4) is 0 Å². The lowest BCUT2D eigenvalue weighted by molar-refractivity contribution is -0.167. The molecule has 0 aliphatic carbocycles. The van der Waals surface area contributed by atoms with E-state index in [2.05, 4.69) is 25.4 Å². The zero-order valence-electron chi connectivity index (χ0n) is 21.6. The number of fused-ring (bicyclic) bond motifs is 1. The number of carbonyl (C=O) groups is 1. The Morgan fingerprint density at radius 1 is 1.07 bits per heavy atom. The van der Waals surface area contributed by atoms with Crippen LogP contribution in [0.25, 0.3) is 22.4 Å². The van der Waals surface area contributed by atoms with Crippen LogP contribution in [0, 0.1) is 11.6 Å². The number of aromatic hydroxyl groups is 1. The van der Waals surface area contributed by atoms with Gasteiger partial charge in [0.05, 0.1) is 31.3 Å². The zero-order chi connectivity index (χ0) is 29.4. The van der Waals surface area contributed by atoms with Gasteiger partial charge in [0.2, 0.25) is 0 Å². The summed E-state index contributed by atoms with van der Waals surface area (Å²) in [6.45, 7) is -2.12. The van der Waals surface area contributed by atoms with Crippen LogP contribution in [0.1, 0.15) is 5.56 Å². The normalized spacial score (nSPS) is 14.0. The second-order valence-electron chi connectivity index (χ2n) is 9.57. The fourth-order valence-electron chi connectivity index (χ4n) is 4.47. The number of phenolic OH excluding ortho intramolecular Hbond substituents is 1. The Morgan fingerprint density at radius 2 is 1.79 bits per heavy atom. The molecule has 14 heteroatoms. The van der Waals surface area contributed by atoms with E-state index >= 15 is 0 Å². The maximum Gasteiger partial charge on any atom is 0.282 e. The maximum absolute atomic E-state index is 14.5. The number of hydrogen-bond acceptors (Lipinski definition) is 8. The molecule has 6 rings (SSSR count). The summed E-state index contributed by atoms with van der Waals surface area (Å²) in [4.78, 5) is 26.2. The Labute approximate surface area is 235 Å². The second kappa shape index (κ2) is 10.6. The van der Waals surface area contributed by atoms with E-state index < -0.39 is 48.9 Å². The third-order valence-corrected chi connectivity index (χ3v) is 6.55. The molecule has 2 N–H and O–H groups in total. The zero-order valence-corrected chi connectivity index (χ0v) is 21.6. The second-order valence-corrected chi connectivity index (χ2v) is 9.57. The lowest BCUT2D eigenvalue weighted by Crippen LogP contribution is -2.59. The van der Waals surface area contributed by atoms with Crippen LogP contribution >= 0.6 is 0 Å². The van der Waals surface area contributed by atoms with E-state index in [1.807, 2.05) is 0 Å². The van der Waals surface area contributed by atoms with Gasteiger partial charge in [0.25, 0.3) is 11.8 Å². The standard InChI is InChI=1S/C28H21F4N7O3/c29-20-9-17(40)10-21(30)19(20)12-39-22-4-2-1-3-18(22)25(37-39)27-34-11-23(26(36-27)35-16-5-7-33-8-6-16)42-13-24(41)38-14-28(31,32)15-38/h1-11,40H,12-15H2,(H,33,34,35,36). The molecule has 1 aliphatic rings. The topological polar surface area (TPSA) is 118 Å². The van der Waals surface area contributed by atoms with Gasteiger partial charge in [-0.2, -0.15) is 5.10 Å². The van der Waals surface area contributed by atoms with Crippen LogP contribution in [-0.4, -0.2) is 66.3 Å². The van der Waals surface area contributed by atoms with Crippen LogP contribution < -0.4 is 10.1 Å². The number of carbonyl (C=O) groups excluding carboxylic acids is 1. The Bertz CT molecular complexity index is 1770. The third-order valence-electron chi connectivity index (χ3n) is 6.55. The van der Waals surface area contributed by atoms with Crippen LogP contribution in [0.5, 0.6) is 11.5 Å². The molecule has 2 aromatic carbocycles. The molecule has 10 nitrogen and oxygen atoms in total. The first kappa shape index (κ1) is 26.9. The number of anilines is 2. The molecule has 0 spiro atoms. The van der Waals surface area contributed by atoms with Crippen molar-refractivity contribution >= 4 is 28.3 Å². The molecule has 0 unspecified atom stereocenters. The molecule has 0 bridgehead atoms. The number of amides is 1. The predicted molar refractivity (Wildman–Crippen MR) is 142 cm³/mol. The minimum Gasteiger partial charge on any atom is -0.508 e. The van der Waals surface area contributed by atoms with Gasteiger partial charge < -0.3 is 20.1 Å². The van der Waals surface area contributed by atoms with E-state index in [0.29, 0.717) is 22.3 Å². The molecule has 1 fully saturated rings. The molecule has 1 amide bonds. The van der Waals surface area contributed by atoms with Gasteiger partial charge in [-0.05, 0) is 18.2 Å². The molecule has 0 radical (unpaired) electrons. The minimum atomic E-state index is -2.90. The first-order valence-corrected chi connectivity index (χ1v) is 12.6. The van der Waals surface area contributed by atoms with Crippen LogP contribution in [0.2, 0.25) is 0 Å². The van der Waals surface area contributed by atoms with E-state index in [1.54, 1.807) is 48.8 Å². The van der Waals surface area contributed by atoms with E-state index in [9.17, 15) is 27.5 Å². The fraction of sp³-hybridized carbons (Fsp3) is 0.179. The van der Waals surface area contributed by atoms with Gasteiger partial charge in [0, 0.05) is 41.2 Å². The van der Waals surface area contributed by atoms with Gasteiger partial charge >= 0.3 is 0 Å². The highest BCUT2D eigenvalue weighted by Crippen LogP contribution is 2.32. The number of para-hydroxylation sites is 1. The number of aromatic nitrogens is 5. The molecule has 1 aliphatic heterocycles. The quantitative estimate of drug-likeness (QED) is 0.258. The minimum absolute atomic E-state index is 0.0770. The fourth-order valence-corrected chi connectivity index (χ4v) is 4.47. The smallest absolute Gasteiger partial charge is 0.282 e. The van der Waals surface area contributed by atoms with Gasteiger partial charge in [0.1, 0.15) is 23.1 Å². The van der Waals surface area contributed by atoms with Crippen molar-refractivity contribution < 1.29 is 32.2 Å². The summed E-state index contributed by atoms with van der Waals surface area (Å²) in [6, 6.07) is 12.0. The van der Waals surface area contributed by atoms with Crippen molar-refractivity contribution in [1.29, 1.82) is 0 Å². The highest BCUT2D eigenvalue weighted by Gasteiger charge is 2.46. The van der Waals surface area contributed by atoms with Crippen molar-refractivity contribution in [3.8, 4) is 23.0 Å². The van der Waals surface area contributed by atoms with E-state index in [4.69, 9.17) is 4.74 Å². The molecule has 5 aromatic rings. The lowest BCUT2D eigenvalue weighted by atomic mass is 10.1. The maximum atomic E-state index is 14.5. The molecule has 4 heterocycles. The number of ether oxygens (including phenoxy) is 1. The van der Waals surface area contributed by atoms with E-state index in [0.717, 1.165) is 17.0 Å². The number of nitrogens with zero attached hydrogens (tertiary/aromatic N) is 6. The largest absolute Gasteiger partial charge is 0.508 e. The molecule has 1 saturated heterocycles. The molecular formula is C28H21F4N7O3. The van der Waals surface area contributed by atoms with E-state index in [-0.39, 0.29) is 29.5 Å². The van der Waals surface area contributed by atoms with Crippen molar-refractivity contribution in [3.63, 3.8) is 0 Å². The number of pyridine rings is 1. The average molecular weight is 580 g/mol. The number of likely N-dealkylation sites (tertiary alicyclic amines) is 1. The SMILES string of the molecule is O=C(COc1cnc(-c2nn(Cc3c(F)cc(O)cc3F)c3ccccc23)nc1Nc1ccncc1)N1CC(F)(F)C1. The molecular weight excluding hydrogens is 558 g/mol. The van der Waals surface area contributed by atoms with Crippen LogP contribution in [0.4, 0.5) is 29.1 Å². The lowest BCUT2D eigenvalue weighted by Gasteiger charge is -2.38. The molecule has 0 saturated carbocycles. The van der Waals surface area contributed by atoms with Gasteiger partial charge in [-0.3, -0.25) is 14.5 Å². The molecule has 3 aromatic heterocycles. The van der Waals surface area contributed by atoms with E-state index in [1.165, 1.54) is 10.9 Å². The molecule has 0 atom stereocenters. The summed E-state index contributed by atoms with van der Waals surface area (Å²) in [7, 11) is 0. The summed E-state index contributed by atoms with van der Waals surface area (Å²) in [5, 5.41) is 17.7. The number of alkyl halides is 2. The first-order chi connectivity index (χ1) is 20.2. The first-order valence-electron chi connectivity index (χ1n) is 12.6.